The second-order valence-corrected chi connectivity index (χ2v) is 8.06. The predicted octanol–water partition coefficient (Wildman–Crippen LogP) is 4.34. The van der Waals surface area contributed by atoms with Crippen LogP contribution in [0.15, 0.2) is 23.8 Å². The monoisotopic (exact) mass is 346 g/mol. The number of hydrogen-bond donors (Lipinski definition) is 0. The molecule has 0 aromatic rings. The SMILES string of the molecule is CCOC(=O)/C=C/CC1(C2=CCC3[C@@H](OC(C)=O)CCC[C@]23C)CC1. The summed E-state index contributed by atoms with van der Waals surface area (Å²) in [4.78, 5) is 23.0. The third-order valence-corrected chi connectivity index (χ3v) is 6.43. The van der Waals surface area contributed by atoms with Crippen LogP contribution in [0.3, 0.4) is 0 Å². The van der Waals surface area contributed by atoms with E-state index < -0.39 is 0 Å². The van der Waals surface area contributed by atoms with E-state index in [1.165, 1.54) is 26.2 Å². The number of esters is 2. The van der Waals surface area contributed by atoms with Crippen molar-refractivity contribution in [1.29, 1.82) is 0 Å². The number of carbonyl (C=O) groups is 2. The molecule has 0 N–H and O–H groups in total. The fourth-order valence-electron chi connectivity index (χ4n) is 5.17. The van der Waals surface area contributed by atoms with Gasteiger partial charge in [-0.2, -0.15) is 0 Å². The minimum absolute atomic E-state index is 0.0517. The van der Waals surface area contributed by atoms with Crippen LogP contribution in [0.25, 0.3) is 0 Å². The summed E-state index contributed by atoms with van der Waals surface area (Å²) in [6.07, 6.45) is 13.6. The second-order valence-electron chi connectivity index (χ2n) is 8.06. The Bertz CT molecular complexity index is 599. The zero-order chi connectivity index (χ0) is 18.1. The summed E-state index contributed by atoms with van der Waals surface area (Å²) >= 11 is 0. The van der Waals surface area contributed by atoms with Crippen LogP contribution in [0.1, 0.15) is 65.7 Å². The molecule has 25 heavy (non-hydrogen) atoms. The maximum atomic E-state index is 11.5. The number of rotatable bonds is 6. The molecule has 3 aliphatic rings. The van der Waals surface area contributed by atoms with Gasteiger partial charge in [-0.15, -0.1) is 0 Å². The highest BCUT2D eigenvalue weighted by molar-refractivity contribution is 5.81. The van der Waals surface area contributed by atoms with Crippen molar-refractivity contribution < 1.29 is 19.1 Å². The normalized spacial score (nSPS) is 32.8. The molecule has 138 valence electrons. The number of carbonyl (C=O) groups excluding carboxylic acids is 2. The molecule has 0 spiro atoms. The highest BCUT2D eigenvalue weighted by atomic mass is 16.5. The molecule has 2 fully saturated rings. The molecule has 1 unspecified atom stereocenters. The topological polar surface area (TPSA) is 52.6 Å². The third kappa shape index (κ3) is 3.54. The lowest BCUT2D eigenvalue weighted by molar-refractivity contribution is -0.153. The van der Waals surface area contributed by atoms with Gasteiger partial charge in [0.2, 0.25) is 0 Å². The van der Waals surface area contributed by atoms with Crippen molar-refractivity contribution in [2.24, 2.45) is 16.7 Å². The van der Waals surface area contributed by atoms with Crippen molar-refractivity contribution >= 4 is 11.9 Å². The fourth-order valence-corrected chi connectivity index (χ4v) is 5.17. The van der Waals surface area contributed by atoms with Gasteiger partial charge in [-0.25, -0.2) is 4.79 Å². The Kier molecular flexibility index (Phi) is 5.08. The van der Waals surface area contributed by atoms with Crippen molar-refractivity contribution in [2.45, 2.75) is 71.8 Å². The molecular formula is C21H30O4. The maximum absolute atomic E-state index is 11.5. The number of fused-ring (bicyclic) bond motifs is 1. The highest BCUT2D eigenvalue weighted by Gasteiger charge is 2.57. The average Bonchev–Trinajstić information content (AvgIpc) is 3.21. The fraction of sp³-hybridized carbons (Fsp3) is 0.714. The van der Waals surface area contributed by atoms with Crippen LogP contribution in [0, 0.1) is 16.7 Å². The van der Waals surface area contributed by atoms with E-state index >= 15 is 0 Å². The lowest BCUT2D eigenvalue weighted by atomic mass is 9.62. The van der Waals surface area contributed by atoms with Gasteiger partial charge in [0, 0.05) is 18.9 Å². The number of allylic oxidation sites excluding steroid dienone is 3. The Morgan fingerprint density at radius 3 is 2.72 bits per heavy atom. The molecule has 0 aromatic heterocycles. The van der Waals surface area contributed by atoms with Crippen molar-refractivity contribution in [3.63, 3.8) is 0 Å². The average molecular weight is 346 g/mol. The molecule has 0 bridgehead atoms. The molecule has 0 heterocycles. The van der Waals surface area contributed by atoms with E-state index in [-0.39, 0.29) is 28.9 Å². The van der Waals surface area contributed by atoms with Crippen LogP contribution in [-0.2, 0) is 19.1 Å². The zero-order valence-electron chi connectivity index (χ0n) is 15.7. The summed E-state index contributed by atoms with van der Waals surface area (Å²) in [7, 11) is 0. The molecule has 0 amide bonds. The smallest absolute Gasteiger partial charge is 0.330 e. The standard InChI is InChI=1S/C21H30O4/c1-4-24-19(23)8-6-12-21(13-14-21)18-10-9-16-17(25-15(2)22)7-5-11-20(16,18)3/h6,8,10,16-17H,4-5,7,9,11-14H2,1-3H3/b8-6+/t16?,17-,20-/m0/s1. The first-order chi connectivity index (χ1) is 11.9. The van der Waals surface area contributed by atoms with E-state index in [2.05, 4.69) is 13.0 Å². The summed E-state index contributed by atoms with van der Waals surface area (Å²) in [5.74, 6) is -0.0109. The van der Waals surface area contributed by atoms with Crippen LogP contribution in [0.2, 0.25) is 0 Å². The van der Waals surface area contributed by atoms with Crippen LogP contribution >= 0.6 is 0 Å². The summed E-state index contributed by atoms with van der Waals surface area (Å²) in [6.45, 7) is 6.11. The lowest BCUT2D eigenvalue weighted by Crippen LogP contribution is -2.42. The van der Waals surface area contributed by atoms with E-state index in [4.69, 9.17) is 9.47 Å². The molecule has 3 aliphatic carbocycles. The second kappa shape index (κ2) is 6.97. The Labute approximate surface area is 150 Å². The van der Waals surface area contributed by atoms with Gasteiger partial charge < -0.3 is 9.47 Å². The number of hydrogen-bond acceptors (Lipinski definition) is 4. The lowest BCUT2D eigenvalue weighted by Gasteiger charge is -2.45. The van der Waals surface area contributed by atoms with Gasteiger partial charge in [-0.1, -0.05) is 24.6 Å². The van der Waals surface area contributed by atoms with Gasteiger partial charge in [0.05, 0.1) is 6.61 Å². The highest BCUT2D eigenvalue weighted by Crippen LogP contribution is 2.66. The van der Waals surface area contributed by atoms with E-state index in [9.17, 15) is 9.59 Å². The van der Waals surface area contributed by atoms with Gasteiger partial charge in [0.25, 0.3) is 0 Å². The molecule has 0 aliphatic heterocycles. The van der Waals surface area contributed by atoms with Crippen molar-refractivity contribution in [3.05, 3.63) is 23.8 Å². The van der Waals surface area contributed by atoms with Crippen LogP contribution in [0.5, 0.6) is 0 Å². The van der Waals surface area contributed by atoms with Crippen molar-refractivity contribution in [3.8, 4) is 0 Å². The zero-order valence-corrected chi connectivity index (χ0v) is 15.7. The first-order valence-electron chi connectivity index (χ1n) is 9.63. The molecular weight excluding hydrogens is 316 g/mol. The molecule has 0 saturated heterocycles. The summed E-state index contributed by atoms with van der Waals surface area (Å²) in [5, 5.41) is 0. The minimum Gasteiger partial charge on any atom is -0.463 e. The first-order valence-corrected chi connectivity index (χ1v) is 9.63. The van der Waals surface area contributed by atoms with E-state index in [1.54, 1.807) is 11.6 Å². The van der Waals surface area contributed by atoms with Crippen LogP contribution < -0.4 is 0 Å². The molecule has 4 nitrogen and oxygen atoms in total. The van der Waals surface area contributed by atoms with Crippen LogP contribution in [-0.4, -0.2) is 24.6 Å². The number of ether oxygens (including phenoxy) is 2. The molecule has 4 heteroatoms. The Morgan fingerprint density at radius 2 is 2.08 bits per heavy atom. The first kappa shape index (κ1) is 18.2. The van der Waals surface area contributed by atoms with Crippen LogP contribution in [0.4, 0.5) is 0 Å². The van der Waals surface area contributed by atoms with Crippen molar-refractivity contribution in [1.82, 2.24) is 0 Å². The largest absolute Gasteiger partial charge is 0.463 e. The Balaban J connectivity index is 1.70. The molecule has 0 aromatic carbocycles. The van der Waals surface area contributed by atoms with Gasteiger partial charge in [-0.05, 0) is 62.7 Å². The maximum Gasteiger partial charge on any atom is 0.330 e. The third-order valence-electron chi connectivity index (χ3n) is 6.43. The summed E-state index contributed by atoms with van der Waals surface area (Å²) < 4.78 is 10.6. The molecule has 3 rings (SSSR count). The van der Waals surface area contributed by atoms with E-state index in [0.29, 0.717) is 12.5 Å². The van der Waals surface area contributed by atoms with Crippen molar-refractivity contribution in [2.75, 3.05) is 6.61 Å². The van der Waals surface area contributed by atoms with E-state index in [1.807, 2.05) is 13.0 Å². The summed E-state index contributed by atoms with van der Waals surface area (Å²) in [5.41, 5.74) is 1.90. The quantitative estimate of drug-likeness (QED) is 0.408. The molecule has 0 radical (unpaired) electrons. The Hall–Kier alpha value is -1.58. The van der Waals surface area contributed by atoms with Gasteiger partial charge in [-0.3, -0.25) is 4.79 Å². The summed E-state index contributed by atoms with van der Waals surface area (Å²) in [6, 6.07) is 0. The predicted molar refractivity (Wildman–Crippen MR) is 95.8 cm³/mol. The molecule has 2 saturated carbocycles. The van der Waals surface area contributed by atoms with Gasteiger partial charge >= 0.3 is 11.9 Å². The van der Waals surface area contributed by atoms with Gasteiger partial charge in [0.15, 0.2) is 0 Å². The van der Waals surface area contributed by atoms with Gasteiger partial charge in [0.1, 0.15) is 6.10 Å². The minimum atomic E-state index is -0.254. The van der Waals surface area contributed by atoms with E-state index in [0.717, 1.165) is 25.7 Å². The molecule has 3 atom stereocenters. The Morgan fingerprint density at radius 1 is 1.32 bits per heavy atom.